The summed E-state index contributed by atoms with van der Waals surface area (Å²) >= 11 is 0. The molecule has 0 saturated carbocycles. The first kappa shape index (κ1) is 19.9. The van der Waals surface area contributed by atoms with Gasteiger partial charge in [-0.15, -0.1) is 0 Å². The fourth-order valence-corrected chi connectivity index (χ4v) is 4.80. The Kier molecular flexibility index (Phi) is 5.58. The highest BCUT2D eigenvalue weighted by molar-refractivity contribution is 6.07. The Morgan fingerprint density at radius 1 is 1.14 bits per heavy atom. The fraction of sp³-hybridized carbons (Fsp3) is 0.591. The van der Waals surface area contributed by atoms with Crippen LogP contribution in [0, 0.1) is 0 Å². The molecule has 1 aromatic carbocycles. The zero-order chi connectivity index (χ0) is 20.4. The summed E-state index contributed by atoms with van der Waals surface area (Å²) in [7, 11) is 0. The summed E-state index contributed by atoms with van der Waals surface area (Å²) in [5, 5.41) is 3.01. The maximum atomic E-state index is 13.2. The van der Waals surface area contributed by atoms with Crippen LogP contribution in [0.15, 0.2) is 30.3 Å². The van der Waals surface area contributed by atoms with Crippen molar-refractivity contribution in [3.8, 4) is 0 Å². The number of hydrogen-bond acceptors (Lipinski definition) is 4. The van der Waals surface area contributed by atoms with Crippen LogP contribution < -0.4 is 5.32 Å². The molecule has 3 aliphatic heterocycles. The monoisotopic (exact) mass is 398 g/mol. The number of imide groups is 1. The van der Waals surface area contributed by atoms with Crippen molar-refractivity contribution in [2.45, 2.75) is 50.6 Å². The molecule has 0 aromatic heterocycles. The maximum Gasteiger partial charge on any atom is 0.325 e. The first-order valence-corrected chi connectivity index (χ1v) is 10.7. The highest BCUT2D eigenvalue weighted by Gasteiger charge is 2.54. The number of carbonyl (C=O) groups is 3. The smallest absolute Gasteiger partial charge is 0.325 e. The van der Waals surface area contributed by atoms with Crippen molar-refractivity contribution in [1.29, 1.82) is 0 Å². The Balaban J connectivity index is 1.34. The normalized spacial score (nSPS) is 24.4. The summed E-state index contributed by atoms with van der Waals surface area (Å²) in [5.41, 5.74) is 0.555. The molecule has 0 bridgehead atoms. The zero-order valence-corrected chi connectivity index (χ0v) is 17.1. The average molecular weight is 399 g/mol. The molecule has 29 heavy (non-hydrogen) atoms. The van der Waals surface area contributed by atoms with Gasteiger partial charge in [0, 0.05) is 39.1 Å². The van der Waals surface area contributed by atoms with E-state index in [1.807, 2.05) is 13.0 Å². The van der Waals surface area contributed by atoms with Gasteiger partial charge in [-0.25, -0.2) is 4.79 Å². The molecule has 7 heteroatoms. The molecule has 7 nitrogen and oxygen atoms in total. The van der Waals surface area contributed by atoms with Crippen molar-refractivity contribution < 1.29 is 14.4 Å². The van der Waals surface area contributed by atoms with Crippen LogP contribution in [-0.2, 0) is 16.0 Å². The van der Waals surface area contributed by atoms with Crippen molar-refractivity contribution in [3.05, 3.63) is 35.9 Å². The molecule has 1 atom stereocenters. The molecule has 0 radical (unpaired) electrons. The second-order valence-corrected chi connectivity index (χ2v) is 8.40. The number of nitrogens with one attached hydrogen (secondary N) is 1. The lowest BCUT2D eigenvalue weighted by atomic mass is 9.87. The molecule has 156 valence electrons. The van der Waals surface area contributed by atoms with Gasteiger partial charge in [0.2, 0.25) is 5.91 Å². The lowest BCUT2D eigenvalue weighted by Crippen LogP contribution is -2.55. The maximum absolute atomic E-state index is 13.2. The number of amides is 4. The molecular weight excluding hydrogens is 368 g/mol. The van der Waals surface area contributed by atoms with Crippen LogP contribution in [-0.4, -0.2) is 76.8 Å². The van der Waals surface area contributed by atoms with Crippen molar-refractivity contribution in [3.63, 3.8) is 0 Å². The highest BCUT2D eigenvalue weighted by Crippen LogP contribution is 2.32. The quantitative estimate of drug-likeness (QED) is 0.765. The van der Waals surface area contributed by atoms with Crippen LogP contribution in [0.4, 0.5) is 4.79 Å². The molecule has 3 saturated heterocycles. The van der Waals surface area contributed by atoms with Crippen LogP contribution in [0.3, 0.4) is 0 Å². The number of benzene rings is 1. The second kappa shape index (κ2) is 8.14. The lowest BCUT2D eigenvalue weighted by Gasteiger charge is -2.37. The van der Waals surface area contributed by atoms with Crippen LogP contribution in [0.25, 0.3) is 0 Å². The summed E-state index contributed by atoms with van der Waals surface area (Å²) in [6.07, 6.45) is 3.41. The molecule has 4 rings (SSSR count). The summed E-state index contributed by atoms with van der Waals surface area (Å²) in [6.45, 7) is 5.49. The van der Waals surface area contributed by atoms with Gasteiger partial charge >= 0.3 is 6.03 Å². The summed E-state index contributed by atoms with van der Waals surface area (Å²) in [6, 6.07) is 9.92. The van der Waals surface area contributed by atoms with Crippen molar-refractivity contribution >= 4 is 17.8 Å². The highest BCUT2D eigenvalue weighted by atomic mass is 16.2. The molecule has 1 N–H and O–H groups in total. The fourth-order valence-electron chi connectivity index (χ4n) is 4.80. The number of nitrogens with zero attached hydrogens (tertiary/aromatic N) is 3. The van der Waals surface area contributed by atoms with E-state index < -0.39 is 5.54 Å². The molecule has 3 heterocycles. The minimum Gasteiger partial charge on any atom is -0.341 e. The molecule has 3 aliphatic rings. The predicted octanol–water partition coefficient (Wildman–Crippen LogP) is 1.63. The van der Waals surface area contributed by atoms with Crippen LogP contribution in [0.2, 0.25) is 0 Å². The molecule has 0 unspecified atom stereocenters. The van der Waals surface area contributed by atoms with E-state index in [1.165, 1.54) is 10.5 Å². The van der Waals surface area contributed by atoms with E-state index in [2.05, 4.69) is 34.5 Å². The van der Waals surface area contributed by atoms with Gasteiger partial charge in [-0.05, 0) is 31.2 Å². The number of piperidine rings is 1. The van der Waals surface area contributed by atoms with E-state index in [-0.39, 0.29) is 23.9 Å². The third kappa shape index (κ3) is 3.88. The molecule has 1 aromatic rings. The summed E-state index contributed by atoms with van der Waals surface area (Å²) in [5.74, 6) is -0.0120. The Bertz CT molecular complexity index is 774. The SMILES string of the molecule is CCC(=O)N1CC[C@H](N2C(=O)NC3(CCN(CCc4ccccc4)CC3)C2=O)C1. The second-order valence-electron chi connectivity index (χ2n) is 8.40. The van der Waals surface area contributed by atoms with E-state index in [0.29, 0.717) is 38.8 Å². The van der Waals surface area contributed by atoms with Crippen molar-refractivity contribution in [2.75, 3.05) is 32.7 Å². The molecular formula is C22H30N4O3. The van der Waals surface area contributed by atoms with Crippen LogP contribution in [0.1, 0.15) is 38.2 Å². The van der Waals surface area contributed by atoms with E-state index >= 15 is 0 Å². The summed E-state index contributed by atoms with van der Waals surface area (Å²) in [4.78, 5) is 43.4. The van der Waals surface area contributed by atoms with Gasteiger partial charge in [0.1, 0.15) is 5.54 Å². The number of likely N-dealkylation sites (tertiary alicyclic amines) is 2. The van der Waals surface area contributed by atoms with Gasteiger partial charge in [-0.2, -0.15) is 0 Å². The van der Waals surface area contributed by atoms with E-state index in [9.17, 15) is 14.4 Å². The first-order valence-electron chi connectivity index (χ1n) is 10.7. The largest absolute Gasteiger partial charge is 0.341 e. The first-order chi connectivity index (χ1) is 14.0. The lowest BCUT2D eigenvalue weighted by molar-refractivity contribution is -0.135. The number of rotatable bonds is 5. The van der Waals surface area contributed by atoms with Gasteiger partial charge in [0.25, 0.3) is 5.91 Å². The number of urea groups is 1. The standard InChI is InChI=1S/C22H30N4O3/c1-2-19(27)25-13-9-18(16-25)26-20(28)22(23-21(26)29)10-14-24(15-11-22)12-8-17-6-4-3-5-7-17/h3-7,18H,2,8-16H2,1H3,(H,23,29)/t18-/m0/s1. The van der Waals surface area contributed by atoms with Gasteiger partial charge in [-0.1, -0.05) is 37.3 Å². The van der Waals surface area contributed by atoms with Crippen LogP contribution >= 0.6 is 0 Å². The molecule has 3 fully saturated rings. The minimum atomic E-state index is -0.761. The molecule has 1 spiro atoms. The predicted molar refractivity (Wildman–Crippen MR) is 109 cm³/mol. The topological polar surface area (TPSA) is 73.0 Å². The average Bonchev–Trinajstić information content (AvgIpc) is 3.31. The Labute approximate surface area is 172 Å². The van der Waals surface area contributed by atoms with Gasteiger partial charge < -0.3 is 15.1 Å². The Morgan fingerprint density at radius 2 is 1.86 bits per heavy atom. The number of carbonyl (C=O) groups excluding carboxylic acids is 3. The van der Waals surface area contributed by atoms with E-state index in [4.69, 9.17) is 0 Å². The van der Waals surface area contributed by atoms with Gasteiger partial charge in [0.05, 0.1) is 6.04 Å². The summed E-state index contributed by atoms with van der Waals surface area (Å²) < 4.78 is 0. The number of hydrogen-bond donors (Lipinski definition) is 1. The van der Waals surface area contributed by atoms with Crippen LogP contribution in [0.5, 0.6) is 0 Å². The van der Waals surface area contributed by atoms with Crippen molar-refractivity contribution in [2.24, 2.45) is 0 Å². The third-order valence-electron chi connectivity index (χ3n) is 6.65. The van der Waals surface area contributed by atoms with E-state index in [0.717, 1.165) is 26.1 Å². The minimum absolute atomic E-state index is 0.0843. The Hall–Kier alpha value is -2.41. The van der Waals surface area contributed by atoms with Crippen molar-refractivity contribution in [1.82, 2.24) is 20.0 Å². The van der Waals surface area contributed by atoms with Gasteiger partial charge in [-0.3, -0.25) is 14.5 Å². The molecule has 4 amide bonds. The zero-order valence-electron chi connectivity index (χ0n) is 17.1. The van der Waals surface area contributed by atoms with E-state index in [1.54, 1.807) is 4.90 Å². The molecule has 0 aliphatic carbocycles. The third-order valence-corrected chi connectivity index (χ3v) is 6.65. The Morgan fingerprint density at radius 3 is 2.55 bits per heavy atom. The van der Waals surface area contributed by atoms with Gasteiger partial charge in [0.15, 0.2) is 0 Å².